The average Bonchev–Trinajstić information content (AvgIpc) is 2.99. The third-order valence-corrected chi connectivity index (χ3v) is 4.24. The van der Waals surface area contributed by atoms with Gasteiger partial charge in [0.05, 0.1) is 12.6 Å². The van der Waals surface area contributed by atoms with Crippen molar-refractivity contribution in [3.63, 3.8) is 0 Å². The number of carbonyl (C=O) groups excluding carboxylic acids is 3. The first-order valence-electron chi connectivity index (χ1n) is 8.08. The van der Waals surface area contributed by atoms with Gasteiger partial charge in [0, 0.05) is 22.3 Å². The molecular weight excluding hydrogens is 379 g/mol. The first kappa shape index (κ1) is 20.2. The number of nitrogens with zero attached hydrogens (tertiary/aromatic N) is 1. The van der Waals surface area contributed by atoms with Crippen molar-refractivity contribution >= 4 is 46.7 Å². The molecule has 4 amide bonds. The van der Waals surface area contributed by atoms with E-state index in [2.05, 4.69) is 22.5 Å². The maximum absolute atomic E-state index is 12.5. The zero-order valence-electron chi connectivity index (χ0n) is 14.1. The van der Waals surface area contributed by atoms with Crippen LogP contribution in [0, 0.1) is 0 Å². The predicted octanol–water partition coefficient (Wildman–Crippen LogP) is 2.41. The summed E-state index contributed by atoms with van der Waals surface area (Å²) in [6.07, 6.45) is 2.91. The Balaban J connectivity index is 1.92. The second-order valence-electron chi connectivity index (χ2n) is 5.82. The van der Waals surface area contributed by atoms with Crippen LogP contribution in [0.5, 0.6) is 0 Å². The van der Waals surface area contributed by atoms with E-state index in [1.165, 1.54) is 6.08 Å². The largest absolute Gasteiger partial charge is 0.334 e. The van der Waals surface area contributed by atoms with Gasteiger partial charge in [-0.3, -0.25) is 19.8 Å². The van der Waals surface area contributed by atoms with Crippen LogP contribution >= 0.6 is 23.2 Å². The Morgan fingerprint density at radius 1 is 1.23 bits per heavy atom. The fourth-order valence-corrected chi connectivity index (χ4v) is 3.25. The summed E-state index contributed by atoms with van der Waals surface area (Å²) in [7, 11) is 0. The van der Waals surface area contributed by atoms with E-state index < -0.39 is 18.0 Å². The molecule has 140 valence electrons. The number of anilines is 1. The summed E-state index contributed by atoms with van der Waals surface area (Å²) in [5, 5.41) is 8.28. The topological polar surface area (TPSA) is 90.5 Å². The van der Waals surface area contributed by atoms with E-state index in [4.69, 9.17) is 23.2 Å². The highest BCUT2D eigenvalue weighted by Crippen LogP contribution is 2.24. The summed E-state index contributed by atoms with van der Waals surface area (Å²) in [5.41, 5.74) is 0.493. The molecule has 0 radical (unpaired) electrons. The van der Waals surface area contributed by atoms with Gasteiger partial charge in [0.2, 0.25) is 11.8 Å². The van der Waals surface area contributed by atoms with Gasteiger partial charge in [-0.2, -0.15) is 0 Å². The molecule has 2 rings (SSSR count). The van der Waals surface area contributed by atoms with Gasteiger partial charge in [0.25, 0.3) is 0 Å². The van der Waals surface area contributed by atoms with E-state index in [0.29, 0.717) is 28.7 Å². The lowest BCUT2D eigenvalue weighted by Gasteiger charge is -2.23. The molecule has 0 aromatic heterocycles. The summed E-state index contributed by atoms with van der Waals surface area (Å²) in [6.45, 7) is 4.28. The van der Waals surface area contributed by atoms with Gasteiger partial charge in [0.15, 0.2) is 0 Å². The van der Waals surface area contributed by atoms with Gasteiger partial charge in [-0.05, 0) is 37.6 Å². The Morgan fingerprint density at radius 3 is 2.58 bits per heavy atom. The summed E-state index contributed by atoms with van der Waals surface area (Å²) < 4.78 is 0. The van der Waals surface area contributed by atoms with Crippen molar-refractivity contribution in [3.05, 3.63) is 40.9 Å². The number of halogens is 2. The standard InChI is InChI=1S/C17H20Cl2N4O3/c1-2-5-20-17(26)22-15(24)10-23-6-3-4-14(23)16(25)21-13-8-11(18)7-12(19)9-13/h2,7-9,14H,1,3-6,10H2,(H,21,25)(H2,20,22,24,26). The third-order valence-electron chi connectivity index (χ3n) is 3.80. The van der Waals surface area contributed by atoms with Gasteiger partial charge in [-0.15, -0.1) is 6.58 Å². The molecule has 1 atom stereocenters. The minimum Gasteiger partial charge on any atom is -0.334 e. The second-order valence-corrected chi connectivity index (χ2v) is 6.70. The Hall–Kier alpha value is -2.09. The molecule has 1 aromatic rings. The quantitative estimate of drug-likeness (QED) is 0.641. The van der Waals surface area contributed by atoms with Crippen molar-refractivity contribution < 1.29 is 14.4 Å². The summed E-state index contributed by atoms with van der Waals surface area (Å²) in [4.78, 5) is 37.7. The molecule has 1 aromatic carbocycles. The van der Waals surface area contributed by atoms with Gasteiger partial charge >= 0.3 is 6.03 Å². The molecule has 1 aliphatic heterocycles. The molecule has 0 spiro atoms. The van der Waals surface area contributed by atoms with Crippen molar-refractivity contribution in [2.24, 2.45) is 0 Å². The molecule has 0 bridgehead atoms. The smallest absolute Gasteiger partial charge is 0.321 e. The van der Waals surface area contributed by atoms with E-state index in [0.717, 1.165) is 6.42 Å². The number of nitrogens with one attached hydrogen (secondary N) is 3. The van der Waals surface area contributed by atoms with E-state index in [-0.39, 0.29) is 19.0 Å². The van der Waals surface area contributed by atoms with Crippen LogP contribution in [-0.2, 0) is 9.59 Å². The highest BCUT2D eigenvalue weighted by Gasteiger charge is 2.32. The van der Waals surface area contributed by atoms with Crippen LogP contribution in [0.1, 0.15) is 12.8 Å². The molecule has 1 unspecified atom stereocenters. The van der Waals surface area contributed by atoms with E-state index in [1.54, 1.807) is 23.1 Å². The maximum Gasteiger partial charge on any atom is 0.321 e. The number of likely N-dealkylation sites (tertiary alicyclic amines) is 1. The number of imide groups is 1. The van der Waals surface area contributed by atoms with Crippen molar-refractivity contribution in [1.82, 2.24) is 15.5 Å². The number of rotatable bonds is 6. The molecule has 1 fully saturated rings. The SMILES string of the molecule is C=CCNC(=O)NC(=O)CN1CCCC1C(=O)Nc1cc(Cl)cc(Cl)c1. The predicted molar refractivity (Wildman–Crippen MR) is 101 cm³/mol. The van der Waals surface area contributed by atoms with Crippen molar-refractivity contribution in [3.8, 4) is 0 Å². The van der Waals surface area contributed by atoms with E-state index >= 15 is 0 Å². The highest BCUT2D eigenvalue weighted by atomic mass is 35.5. The van der Waals surface area contributed by atoms with Gasteiger partial charge in [0.1, 0.15) is 0 Å². The fraction of sp³-hybridized carbons (Fsp3) is 0.353. The fourth-order valence-electron chi connectivity index (χ4n) is 2.72. The summed E-state index contributed by atoms with van der Waals surface area (Å²) in [5.74, 6) is -0.721. The van der Waals surface area contributed by atoms with Crippen molar-refractivity contribution in [2.45, 2.75) is 18.9 Å². The lowest BCUT2D eigenvalue weighted by Crippen LogP contribution is -2.48. The van der Waals surface area contributed by atoms with Crippen LogP contribution in [0.3, 0.4) is 0 Å². The average molecular weight is 399 g/mol. The minimum absolute atomic E-state index is 0.0457. The van der Waals surface area contributed by atoms with Crippen LogP contribution < -0.4 is 16.0 Å². The lowest BCUT2D eigenvalue weighted by molar-refractivity contribution is -0.124. The van der Waals surface area contributed by atoms with Crippen LogP contribution in [0.15, 0.2) is 30.9 Å². The second kappa shape index (κ2) is 9.56. The van der Waals surface area contributed by atoms with Crippen LogP contribution in [-0.4, -0.2) is 48.4 Å². The molecule has 1 saturated heterocycles. The van der Waals surface area contributed by atoms with E-state index in [1.807, 2.05) is 0 Å². The van der Waals surface area contributed by atoms with Crippen LogP contribution in [0.2, 0.25) is 10.0 Å². The number of benzene rings is 1. The minimum atomic E-state index is -0.594. The van der Waals surface area contributed by atoms with Crippen molar-refractivity contribution in [2.75, 3.05) is 25.0 Å². The molecule has 0 saturated carbocycles. The first-order chi connectivity index (χ1) is 12.4. The third kappa shape index (κ3) is 6.01. The number of hydrogen-bond donors (Lipinski definition) is 3. The number of hydrogen-bond acceptors (Lipinski definition) is 4. The molecular formula is C17H20Cl2N4O3. The number of urea groups is 1. The lowest BCUT2D eigenvalue weighted by atomic mass is 10.2. The molecule has 9 heteroatoms. The molecule has 1 aliphatic rings. The molecule has 26 heavy (non-hydrogen) atoms. The van der Waals surface area contributed by atoms with Crippen LogP contribution in [0.25, 0.3) is 0 Å². The zero-order valence-corrected chi connectivity index (χ0v) is 15.6. The summed E-state index contributed by atoms with van der Waals surface area (Å²) in [6, 6.07) is 3.71. The van der Waals surface area contributed by atoms with E-state index in [9.17, 15) is 14.4 Å². The Labute approximate surface area is 161 Å². The molecule has 1 heterocycles. The first-order valence-corrected chi connectivity index (χ1v) is 8.84. The number of carbonyl (C=O) groups is 3. The Bertz CT molecular complexity index is 691. The maximum atomic E-state index is 12.5. The highest BCUT2D eigenvalue weighted by molar-refractivity contribution is 6.35. The van der Waals surface area contributed by atoms with Gasteiger partial charge < -0.3 is 10.6 Å². The Morgan fingerprint density at radius 2 is 1.92 bits per heavy atom. The van der Waals surface area contributed by atoms with Crippen LogP contribution in [0.4, 0.5) is 10.5 Å². The summed E-state index contributed by atoms with van der Waals surface area (Å²) >= 11 is 11.9. The Kier molecular flexibility index (Phi) is 7.44. The van der Waals surface area contributed by atoms with Crippen molar-refractivity contribution in [1.29, 1.82) is 0 Å². The zero-order chi connectivity index (χ0) is 19.1. The molecule has 7 nitrogen and oxygen atoms in total. The normalized spacial score (nSPS) is 16.8. The van der Waals surface area contributed by atoms with Gasteiger partial charge in [-0.25, -0.2) is 4.79 Å². The van der Waals surface area contributed by atoms with Gasteiger partial charge in [-0.1, -0.05) is 29.3 Å². The molecule has 0 aliphatic carbocycles. The number of amides is 4. The monoisotopic (exact) mass is 398 g/mol. The molecule has 3 N–H and O–H groups in total.